The van der Waals surface area contributed by atoms with E-state index in [2.05, 4.69) is 4.98 Å². The second-order valence-electron chi connectivity index (χ2n) is 7.04. The van der Waals surface area contributed by atoms with Gasteiger partial charge in [0.25, 0.3) is 0 Å². The molecule has 3 aromatic rings. The number of hydrogen-bond donors (Lipinski definition) is 0. The quantitative estimate of drug-likeness (QED) is 0.667. The predicted molar refractivity (Wildman–Crippen MR) is 109 cm³/mol. The van der Waals surface area contributed by atoms with Crippen LogP contribution in [-0.2, 0) is 0 Å². The molecule has 0 fully saturated rings. The minimum atomic E-state index is -0.328. The van der Waals surface area contributed by atoms with Crippen molar-refractivity contribution in [2.45, 2.75) is 18.7 Å². The predicted octanol–water partition coefficient (Wildman–Crippen LogP) is 4.34. The van der Waals surface area contributed by atoms with Gasteiger partial charge in [-0.1, -0.05) is 6.07 Å². The van der Waals surface area contributed by atoms with Gasteiger partial charge in [-0.3, -0.25) is 4.98 Å². The van der Waals surface area contributed by atoms with Crippen LogP contribution in [0.25, 0.3) is 0 Å². The number of hydrazone groups is 1. The highest BCUT2D eigenvalue weighted by molar-refractivity contribution is 6.02. The first-order chi connectivity index (χ1) is 14.3. The minimum absolute atomic E-state index is 0.0659. The first-order valence-electron chi connectivity index (χ1n) is 9.51. The third-order valence-electron chi connectivity index (χ3n) is 5.39. The molecule has 0 radical (unpaired) electrons. The van der Waals surface area contributed by atoms with Crippen molar-refractivity contribution < 1.29 is 14.2 Å². The molecule has 6 nitrogen and oxygen atoms in total. The van der Waals surface area contributed by atoms with Gasteiger partial charge in [-0.25, -0.2) is 5.01 Å². The minimum Gasteiger partial charge on any atom is -0.497 e. The lowest BCUT2D eigenvalue weighted by atomic mass is 9.95. The number of nitrogens with zero attached hydrogens (tertiary/aromatic N) is 3. The number of rotatable bonds is 4. The topological polar surface area (TPSA) is 56.2 Å². The summed E-state index contributed by atoms with van der Waals surface area (Å²) < 4.78 is 17.1. The lowest BCUT2D eigenvalue weighted by molar-refractivity contribution is -0.0193. The van der Waals surface area contributed by atoms with Crippen molar-refractivity contribution in [1.82, 2.24) is 9.99 Å². The fraction of sp³-hybridized carbons (Fsp3) is 0.217. The van der Waals surface area contributed by atoms with E-state index in [-0.39, 0.29) is 12.3 Å². The van der Waals surface area contributed by atoms with Crippen LogP contribution in [-0.4, -0.2) is 29.9 Å². The van der Waals surface area contributed by atoms with E-state index >= 15 is 0 Å². The van der Waals surface area contributed by atoms with Gasteiger partial charge in [-0.05, 0) is 54.1 Å². The molecule has 0 bridgehead atoms. The first kappa shape index (κ1) is 17.6. The Balaban J connectivity index is 1.57. The van der Waals surface area contributed by atoms with Crippen molar-refractivity contribution in [2.75, 3.05) is 14.2 Å². The van der Waals surface area contributed by atoms with E-state index in [1.54, 1.807) is 20.4 Å². The van der Waals surface area contributed by atoms with Gasteiger partial charge < -0.3 is 14.2 Å². The monoisotopic (exact) mass is 387 g/mol. The van der Waals surface area contributed by atoms with E-state index in [0.717, 1.165) is 46.1 Å². The molecule has 2 aliphatic heterocycles. The summed E-state index contributed by atoms with van der Waals surface area (Å²) in [5.74, 6) is 2.49. The SMILES string of the molecule is COc1ccc(C2=NN3[C@@H](c4cccnc4)Oc4ccc(OC)cc4[C@@H]3C2)cc1. The molecule has 146 valence electrons. The summed E-state index contributed by atoms with van der Waals surface area (Å²) in [6.07, 6.45) is 4.05. The lowest BCUT2D eigenvalue weighted by Gasteiger charge is -2.38. The van der Waals surface area contributed by atoms with Gasteiger partial charge in [-0.2, -0.15) is 5.10 Å². The molecule has 0 saturated heterocycles. The van der Waals surface area contributed by atoms with Gasteiger partial charge in [0.1, 0.15) is 17.2 Å². The molecule has 2 aromatic carbocycles. The second-order valence-corrected chi connectivity index (χ2v) is 7.04. The summed E-state index contributed by atoms with van der Waals surface area (Å²) in [6, 6.07) is 17.9. The highest BCUT2D eigenvalue weighted by Crippen LogP contribution is 2.48. The Hall–Kier alpha value is -3.54. The van der Waals surface area contributed by atoms with Crippen LogP contribution >= 0.6 is 0 Å². The lowest BCUT2D eigenvalue weighted by Crippen LogP contribution is -2.33. The number of hydrogen-bond acceptors (Lipinski definition) is 6. The molecule has 0 spiro atoms. The highest BCUT2D eigenvalue weighted by atomic mass is 16.5. The Morgan fingerprint density at radius 3 is 2.52 bits per heavy atom. The van der Waals surface area contributed by atoms with Crippen LogP contribution in [0.1, 0.15) is 35.4 Å². The zero-order valence-electron chi connectivity index (χ0n) is 16.3. The highest BCUT2D eigenvalue weighted by Gasteiger charge is 2.41. The Bertz CT molecular complexity index is 1050. The van der Waals surface area contributed by atoms with Gasteiger partial charge in [0, 0.05) is 29.9 Å². The molecule has 0 amide bonds. The molecule has 6 heteroatoms. The Morgan fingerprint density at radius 2 is 1.79 bits per heavy atom. The normalized spacial score (nSPS) is 19.7. The van der Waals surface area contributed by atoms with Crippen LogP contribution in [0.2, 0.25) is 0 Å². The summed E-state index contributed by atoms with van der Waals surface area (Å²) in [5, 5.41) is 7.00. The van der Waals surface area contributed by atoms with Crippen LogP contribution in [0.4, 0.5) is 0 Å². The van der Waals surface area contributed by atoms with E-state index < -0.39 is 0 Å². The standard InChI is InChI=1S/C23H21N3O3/c1-27-17-7-5-15(6-8-17)20-13-21-19-12-18(28-2)9-10-22(19)29-23(26(21)25-20)16-4-3-11-24-14-16/h3-12,14,21,23H,13H2,1-2H3/t21-,23+/m0/s1. The number of benzene rings is 2. The van der Waals surface area contributed by atoms with E-state index in [4.69, 9.17) is 19.3 Å². The molecule has 0 aliphatic carbocycles. The van der Waals surface area contributed by atoms with Crippen LogP contribution < -0.4 is 14.2 Å². The molecule has 0 N–H and O–H groups in total. The summed E-state index contributed by atoms with van der Waals surface area (Å²) in [7, 11) is 3.35. The molecule has 0 saturated carbocycles. The summed E-state index contributed by atoms with van der Waals surface area (Å²) >= 11 is 0. The maximum atomic E-state index is 6.36. The van der Waals surface area contributed by atoms with Crippen molar-refractivity contribution in [1.29, 1.82) is 0 Å². The molecule has 29 heavy (non-hydrogen) atoms. The van der Waals surface area contributed by atoms with Gasteiger partial charge in [0.15, 0.2) is 0 Å². The summed E-state index contributed by atoms with van der Waals surface area (Å²) in [5.41, 5.74) is 4.15. The molecular weight excluding hydrogens is 366 g/mol. The average Bonchev–Trinajstić information content (AvgIpc) is 3.24. The molecule has 2 aliphatic rings. The van der Waals surface area contributed by atoms with Gasteiger partial charge in [0.2, 0.25) is 6.23 Å². The number of fused-ring (bicyclic) bond motifs is 3. The largest absolute Gasteiger partial charge is 0.497 e. The van der Waals surface area contributed by atoms with Gasteiger partial charge in [-0.15, -0.1) is 0 Å². The van der Waals surface area contributed by atoms with Gasteiger partial charge in [0.05, 0.1) is 26.0 Å². The zero-order chi connectivity index (χ0) is 19.8. The van der Waals surface area contributed by atoms with E-state index in [1.807, 2.05) is 65.8 Å². The van der Waals surface area contributed by atoms with E-state index in [9.17, 15) is 0 Å². The molecule has 2 atom stereocenters. The Labute approximate surface area is 169 Å². The van der Waals surface area contributed by atoms with Crippen LogP contribution in [0, 0.1) is 0 Å². The molecular formula is C23H21N3O3. The van der Waals surface area contributed by atoms with Crippen molar-refractivity contribution in [2.24, 2.45) is 5.10 Å². The molecule has 5 rings (SSSR count). The zero-order valence-corrected chi connectivity index (χ0v) is 16.3. The number of pyridine rings is 1. The first-order valence-corrected chi connectivity index (χ1v) is 9.51. The van der Waals surface area contributed by atoms with Crippen molar-refractivity contribution in [3.8, 4) is 17.2 Å². The van der Waals surface area contributed by atoms with E-state index in [1.165, 1.54) is 0 Å². The molecule has 0 unspecified atom stereocenters. The van der Waals surface area contributed by atoms with E-state index in [0.29, 0.717) is 0 Å². The fourth-order valence-corrected chi connectivity index (χ4v) is 3.89. The van der Waals surface area contributed by atoms with Crippen LogP contribution in [0.15, 0.2) is 72.1 Å². The smallest absolute Gasteiger partial charge is 0.215 e. The van der Waals surface area contributed by atoms with Crippen molar-refractivity contribution in [3.05, 3.63) is 83.7 Å². The fourth-order valence-electron chi connectivity index (χ4n) is 3.89. The Morgan fingerprint density at radius 1 is 1.00 bits per heavy atom. The third-order valence-corrected chi connectivity index (χ3v) is 5.39. The maximum Gasteiger partial charge on any atom is 0.215 e. The number of aromatic nitrogens is 1. The molecule has 3 heterocycles. The van der Waals surface area contributed by atoms with Crippen LogP contribution in [0.3, 0.4) is 0 Å². The Kier molecular flexibility index (Phi) is 4.31. The van der Waals surface area contributed by atoms with Crippen molar-refractivity contribution in [3.63, 3.8) is 0 Å². The summed E-state index contributed by atoms with van der Waals surface area (Å²) in [6.45, 7) is 0. The number of ether oxygens (including phenoxy) is 3. The third kappa shape index (κ3) is 3.06. The van der Waals surface area contributed by atoms with Crippen molar-refractivity contribution >= 4 is 5.71 Å². The summed E-state index contributed by atoms with van der Waals surface area (Å²) in [4.78, 5) is 4.26. The number of methoxy groups -OCH3 is 2. The van der Waals surface area contributed by atoms with Crippen LogP contribution in [0.5, 0.6) is 17.2 Å². The molecule has 1 aromatic heterocycles. The average molecular weight is 387 g/mol. The van der Waals surface area contributed by atoms with Gasteiger partial charge >= 0.3 is 0 Å². The second kappa shape index (κ2) is 7.13. The maximum absolute atomic E-state index is 6.36.